The first-order valence-electron chi connectivity index (χ1n) is 3.13. The molecule has 0 saturated heterocycles. The summed E-state index contributed by atoms with van der Waals surface area (Å²) in [5.74, 6) is -0.494. The molecule has 6 heteroatoms. The quantitative estimate of drug-likeness (QED) is 0.510. The molecule has 1 rings (SSSR count). The van der Waals surface area contributed by atoms with Crippen LogP contribution in [0.25, 0.3) is 0 Å². The molecule has 0 aliphatic carbocycles. The minimum Gasteiger partial charge on any atom is -0.550 e. The second kappa shape index (κ2) is 3.09. The summed E-state index contributed by atoms with van der Waals surface area (Å²) in [6.45, 7) is 1.97. The summed E-state index contributed by atoms with van der Waals surface area (Å²) in [5.41, 5.74) is 0. The first kappa shape index (κ1) is 7.64. The summed E-state index contributed by atoms with van der Waals surface area (Å²) in [6, 6.07) is 0. The third-order valence-corrected chi connectivity index (χ3v) is 1.24. The molecule has 0 radical (unpaired) electrons. The number of aryl methyl sites for hydroxylation is 2. The van der Waals surface area contributed by atoms with Crippen LogP contribution in [0.3, 0.4) is 0 Å². The van der Waals surface area contributed by atoms with Crippen LogP contribution in [0.5, 0.6) is 0 Å². The highest BCUT2D eigenvalue weighted by atomic mass is 16.4. The molecule has 0 aromatic carbocycles. The van der Waals surface area contributed by atoms with Gasteiger partial charge < -0.3 is 9.90 Å². The van der Waals surface area contributed by atoms with Crippen LogP contribution < -0.4 is 5.11 Å². The van der Waals surface area contributed by atoms with E-state index in [-0.39, 0.29) is 13.0 Å². The van der Waals surface area contributed by atoms with Gasteiger partial charge in [-0.2, -0.15) is 0 Å². The van der Waals surface area contributed by atoms with Crippen molar-refractivity contribution >= 4 is 5.97 Å². The van der Waals surface area contributed by atoms with Gasteiger partial charge >= 0.3 is 0 Å². The fourth-order valence-corrected chi connectivity index (χ4v) is 0.653. The molecular formula is C5H7N4O2-. The van der Waals surface area contributed by atoms with Crippen molar-refractivity contribution < 1.29 is 9.90 Å². The van der Waals surface area contributed by atoms with Crippen LogP contribution >= 0.6 is 0 Å². The average molecular weight is 155 g/mol. The molecule has 0 aliphatic heterocycles. The molecule has 0 aliphatic rings. The number of nitrogens with zero attached hydrogens (tertiary/aromatic N) is 4. The Labute approximate surface area is 62.8 Å². The van der Waals surface area contributed by atoms with Gasteiger partial charge in [-0.15, -0.1) is 5.10 Å². The maximum atomic E-state index is 10.0. The van der Waals surface area contributed by atoms with E-state index < -0.39 is 5.97 Å². The lowest BCUT2D eigenvalue weighted by Crippen LogP contribution is -2.24. The van der Waals surface area contributed by atoms with Crippen molar-refractivity contribution in [3.63, 3.8) is 0 Å². The SMILES string of the molecule is Cc1nnnn1CCC(=O)[O-]. The van der Waals surface area contributed by atoms with Gasteiger partial charge in [0.1, 0.15) is 5.82 Å². The molecule has 6 nitrogen and oxygen atoms in total. The molecule has 60 valence electrons. The summed E-state index contributed by atoms with van der Waals surface area (Å²) < 4.78 is 1.41. The van der Waals surface area contributed by atoms with E-state index in [1.807, 2.05) is 0 Å². The number of hydrogen-bond acceptors (Lipinski definition) is 5. The van der Waals surface area contributed by atoms with Crippen LogP contribution in [-0.4, -0.2) is 26.2 Å². The lowest BCUT2D eigenvalue weighted by atomic mass is 10.4. The Bertz CT molecular complexity index is 257. The lowest BCUT2D eigenvalue weighted by Gasteiger charge is -2.01. The third kappa shape index (κ3) is 1.99. The zero-order chi connectivity index (χ0) is 8.27. The summed E-state index contributed by atoms with van der Waals surface area (Å²) in [5, 5.41) is 20.5. The van der Waals surface area contributed by atoms with E-state index in [1.54, 1.807) is 6.92 Å². The van der Waals surface area contributed by atoms with Crippen LogP contribution in [-0.2, 0) is 11.3 Å². The van der Waals surface area contributed by atoms with E-state index >= 15 is 0 Å². The maximum absolute atomic E-state index is 10.0. The summed E-state index contributed by atoms with van der Waals surface area (Å²) in [4.78, 5) is 10.0. The molecule has 0 unspecified atom stereocenters. The average Bonchev–Trinajstić information content (AvgIpc) is 2.31. The third-order valence-electron chi connectivity index (χ3n) is 1.24. The molecule has 1 aromatic rings. The van der Waals surface area contributed by atoms with Crippen LogP contribution in [0.15, 0.2) is 0 Å². The van der Waals surface area contributed by atoms with Crippen LogP contribution in [0.2, 0.25) is 0 Å². The number of tetrazole rings is 1. The van der Waals surface area contributed by atoms with E-state index in [1.165, 1.54) is 4.68 Å². The second-order valence-corrected chi connectivity index (χ2v) is 2.07. The minimum atomic E-state index is -1.10. The molecule has 0 saturated carbocycles. The number of carboxylic acids is 1. The Kier molecular flexibility index (Phi) is 2.15. The van der Waals surface area contributed by atoms with E-state index in [0.29, 0.717) is 5.82 Å². The number of aromatic nitrogens is 4. The van der Waals surface area contributed by atoms with E-state index in [4.69, 9.17) is 0 Å². The van der Waals surface area contributed by atoms with Gasteiger partial charge in [0.05, 0.1) is 0 Å². The standard InChI is InChI=1S/C5H8N4O2/c1-4-6-7-8-9(4)3-2-5(10)11/h2-3H2,1H3,(H,10,11)/p-1. The Morgan fingerprint density at radius 1 is 1.73 bits per heavy atom. The Balaban J connectivity index is 2.51. The second-order valence-electron chi connectivity index (χ2n) is 2.07. The van der Waals surface area contributed by atoms with Gasteiger partial charge in [0.25, 0.3) is 0 Å². The molecule has 0 N–H and O–H groups in total. The van der Waals surface area contributed by atoms with E-state index in [2.05, 4.69) is 15.5 Å². The van der Waals surface area contributed by atoms with Gasteiger partial charge in [-0.25, -0.2) is 4.68 Å². The smallest absolute Gasteiger partial charge is 0.148 e. The van der Waals surface area contributed by atoms with Gasteiger partial charge in [0.2, 0.25) is 0 Å². The van der Waals surface area contributed by atoms with Gasteiger partial charge in [0, 0.05) is 18.9 Å². The highest BCUT2D eigenvalue weighted by molar-refractivity contribution is 5.63. The minimum absolute atomic E-state index is 0.0636. The van der Waals surface area contributed by atoms with Crippen molar-refractivity contribution in [3.8, 4) is 0 Å². The molecule has 11 heavy (non-hydrogen) atoms. The molecule has 0 atom stereocenters. The summed E-state index contributed by atoms with van der Waals surface area (Å²) in [6.07, 6.45) is -0.0636. The van der Waals surface area contributed by atoms with E-state index in [0.717, 1.165) is 0 Å². The largest absolute Gasteiger partial charge is 0.550 e. The monoisotopic (exact) mass is 155 g/mol. The van der Waals surface area contributed by atoms with Crippen molar-refractivity contribution in [1.82, 2.24) is 20.2 Å². The molecular weight excluding hydrogens is 148 g/mol. The molecule has 0 bridgehead atoms. The molecule has 1 aromatic heterocycles. The first-order chi connectivity index (χ1) is 5.20. The van der Waals surface area contributed by atoms with Crippen LogP contribution in [0.1, 0.15) is 12.2 Å². The molecule has 0 fully saturated rings. The zero-order valence-corrected chi connectivity index (χ0v) is 6.02. The molecule has 0 spiro atoms. The van der Waals surface area contributed by atoms with Crippen molar-refractivity contribution in [2.24, 2.45) is 0 Å². The van der Waals surface area contributed by atoms with Crippen molar-refractivity contribution in [1.29, 1.82) is 0 Å². The zero-order valence-electron chi connectivity index (χ0n) is 6.02. The van der Waals surface area contributed by atoms with Gasteiger partial charge in [-0.1, -0.05) is 0 Å². The summed E-state index contributed by atoms with van der Waals surface area (Å²) >= 11 is 0. The van der Waals surface area contributed by atoms with Crippen molar-refractivity contribution in [3.05, 3.63) is 5.82 Å². The number of rotatable bonds is 3. The number of carboxylic acid groups (broad SMARTS) is 1. The number of aliphatic carboxylic acids is 1. The van der Waals surface area contributed by atoms with Gasteiger partial charge in [-0.3, -0.25) is 0 Å². The normalized spacial score (nSPS) is 9.91. The fraction of sp³-hybridized carbons (Fsp3) is 0.600. The Morgan fingerprint density at radius 3 is 2.91 bits per heavy atom. The molecule has 1 heterocycles. The number of carbonyl (C=O) groups excluding carboxylic acids is 1. The lowest BCUT2D eigenvalue weighted by molar-refractivity contribution is -0.306. The number of hydrogen-bond donors (Lipinski definition) is 0. The maximum Gasteiger partial charge on any atom is 0.148 e. The highest BCUT2D eigenvalue weighted by Crippen LogP contribution is 1.90. The number of carbonyl (C=O) groups is 1. The first-order valence-corrected chi connectivity index (χ1v) is 3.13. The van der Waals surface area contributed by atoms with Crippen molar-refractivity contribution in [2.45, 2.75) is 19.9 Å². The van der Waals surface area contributed by atoms with Crippen LogP contribution in [0.4, 0.5) is 0 Å². The Hall–Kier alpha value is -1.46. The van der Waals surface area contributed by atoms with Crippen LogP contribution in [0, 0.1) is 6.92 Å². The van der Waals surface area contributed by atoms with E-state index in [9.17, 15) is 9.90 Å². The highest BCUT2D eigenvalue weighted by Gasteiger charge is 1.98. The molecule has 0 amide bonds. The van der Waals surface area contributed by atoms with Gasteiger partial charge in [0.15, 0.2) is 0 Å². The fourth-order valence-electron chi connectivity index (χ4n) is 0.653. The topological polar surface area (TPSA) is 83.7 Å². The van der Waals surface area contributed by atoms with Crippen molar-refractivity contribution in [2.75, 3.05) is 0 Å². The Morgan fingerprint density at radius 2 is 2.45 bits per heavy atom. The predicted octanol–water partition coefficient (Wildman–Crippen LogP) is -1.88. The summed E-state index contributed by atoms with van der Waals surface area (Å²) in [7, 11) is 0. The predicted molar refractivity (Wildman–Crippen MR) is 32.2 cm³/mol. The van der Waals surface area contributed by atoms with Gasteiger partial charge in [-0.05, 0) is 17.4 Å².